The van der Waals surface area contributed by atoms with Crippen LogP contribution < -0.4 is 0 Å². The molecule has 0 nitrogen and oxygen atoms in total. The molecule has 0 amide bonds. The lowest BCUT2D eigenvalue weighted by molar-refractivity contribution is 0.725. The molecule has 2 rings (SSSR count). The van der Waals surface area contributed by atoms with Gasteiger partial charge in [-0.2, -0.15) is 0 Å². The van der Waals surface area contributed by atoms with Gasteiger partial charge in [-0.25, -0.2) is 0 Å². The molecule has 0 aliphatic heterocycles. The maximum atomic E-state index is 6.40. The van der Waals surface area contributed by atoms with E-state index in [0.717, 1.165) is 34.6 Å². The predicted octanol–water partition coefficient (Wildman–Crippen LogP) is 6.42. The quantitative estimate of drug-likeness (QED) is 0.426. The minimum Gasteiger partial charge on any atom is -0.0958 e. The molecule has 2 aromatic rings. The van der Waals surface area contributed by atoms with Crippen molar-refractivity contribution in [1.29, 1.82) is 0 Å². The van der Waals surface area contributed by atoms with E-state index in [-0.39, 0.29) is 0 Å². The molecule has 0 saturated carbocycles. The molecular weight excluding hydrogens is 276 g/mol. The molecule has 0 aliphatic rings. The van der Waals surface area contributed by atoms with Gasteiger partial charge >= 0.3 is 0 Å². The minimum absolute atomic E-state index is 0.811. The Morgan fingerprint density at radius 3 is 1.86 bits per heavy atom. The maximum absolute atomic E-state index is 6.40. The number of allylic oxidation sites excluding steroid dienone is 1. The average molecular weight is 297 g/mol. The Balaban J connectivity index is 2.39. The molecule has 0 heterocycles. The van der Waals surface area contributed by atoms with E-state index in [1.54, 1.807) is 0 Å². The Morgan fingerprint density at radius 1 is 0.857 bits per heavy atom. The summed E-state index contributed by atoms with van der Waals surface area (Å²) in [6.45, 7) is 2.20. The van der Waals surface area contributed by atoms with Crippen molar-refractivity contribution in [1.82, 2.24) is 0 Å². The minimum atomic E-state index is 0.811. The first-order chi connectivity index (χ1) is 10.3. The molecule has 108 valence electrons. The Kier molecular flexibility index (Phi) is 6.34. The lowest BCUT2D eigenvalue weighted by atomic mass is 9.98. The fourth-order valence-corrected chi connectivity index (χ4v) is 2.48. The van der Waals surface area contributed by atoms with E-state index in [9.17, 15) is 0 Å². The number of hydrogen-bond donors (Lipinski definition) is 0. The van der Waals surface area contributed by atoms with Crippen LogP contribution in [0.15, 0.2) is 71.4 Å². The average Bonchev–Trinajstić information content (AvgIpc) is 2.54. The van der Waals surface area contributed by atoms with Crippen molar-refractivity contribution in [2.75, 3.05) is 0 Å². The molecule has 21 heavy (non-hydrogen) atoms. The van der Waals surface area contributed by atoms with Gasteiger partial charge in [0, 0.05) is 5.57 Å². The number of rotatable bonds is 6. The summed E-state index contributed by atoms with van der Waals surface area (Å²) in [7, 11) is 0. The summed E-state index contributed by atoms with van der Waals surface area (Å²) in [5.41, 5.74) is 6.78. The number of hydrogen-bond acceptors (Lipinski definition) is 0. The van der Waals surface area contributed by atoms with Gasteiger partial charge in [-0.3, -0.25) is 0 Å². The van der Waals surface area contributed by atoms with Crippen molar-refractivity contribution in [3.63, 3.8) is 0 Å². The summed E-state index contributed by atoms with van der Waals surface area (Å²) in [4.78, 5) is 0. The van der Waals surface area contributed by atoms with Crippen molar-refractivity contribution in [3.05, 3.63) is 82.6 Å². The summed E-state index contributed by atoms with van der Waals surface area (Å²) in [6, 6.07) is 20.7. The number of unbranched alkanes of at least 4 members (excludes halogenated alkanes) is 2. The first-order valence-corrected chi connectivity index (χ1v) is 7.95. The van der Waals surface area contributed by atoms with E-state index in [2.05, 4.69) is 36.9 Å². The molecule has 0 bridgehead atoms. The van der Waals surface area contributed by atoms with Gasteiger partial charge in [0.05, 0.1) is 5.03 Å². The van der Waals surface area contributed by atoms with Crippen LogP contribution in [0.3, 0.4) is 0 Å². The van der Waals surface area contributed by atoms with Crippen LogP contribution in [0.4, 0.5) is 0 Å². The first-order valence-electron chi connectivity index (χ1n) is 7.57. The zero-order valence-corrected chi connectivity index (χ0v) is 13.2. The standard InChI is InChI=1S/C20H21Cl/c1-2-3-6-15-19(21)16-20(17-11-7-4-8-12-17)18-13-9-5-10-14-18/h4-5,7-14H,2-3,6,15H2,1H3. The van der Waals surface area contributed by atoms with E-state index in [1.165, 1.54) is 12.8 Å². The summed E-state index contributed by atoms with van der Waals surface area (Å²) >= 11 is 6.40. The molecule has 0 fully saturated rings. The predicted molar refractivity (Wildman–Crippen MR) is 92.4 cm³/mol. The van der Waals surface area contributed by atoms with Gasteiger partial charge in [0.25, 0.3) is 0 Å². The molecular formula is C20H21Cl. The van der Waals surface area contributed by atoms with Crippen molar-refractivity contribution < 1.29 is 0 Å². The smallest absolute Gasteiger partial charge is 0.0604 e. The van der Waals surface area contributed by atoms with Crippen molar-refractivity contribution in [2.45, 2.75) is 32.6 Å². The lowest BCUT2D eigenvalue weighted by Crippen LogP contribution is -1.86. The van der Waals surface area contributed by atoms with Crippen molar-refractivity contribution >= 4 is 17.2 Å². The number of halogens is 1. The van der Waals surface area contributed by atoms with Gasteiger partial charge in [0.1, 0.15) is 0 Å². The van der Waals surface area contributed by atoms with Gasteiger partial charge < -0.3 is 0 Å². The van der Waals surface area contributed by atoms with Gasteiger partial charge in [0.15, 0.2) is 0 Å². The molecule has 0 N–H and O–H groups in total. The molecule has 0 aliphatic carbocycles. The highest BCUT2D eigenvalue weighted by Crippen LogP contribution is 2.24. The third-order valence-corrected chi connectivity index (χ3v) is 3.67. The largest absolute Gasteiger partial charge is 0.0958 e. The monoisotopic (exact) mass is 296 g/mol. The van der Waals surface area contributed by atoms with E-state index >= 15 is 0 Å². The van der Waals surface area contributed by atoms with Gasteiger partial charge in [-0.05, 0) is 24.0 Å². The molecule has 0 spiro atoms. The Hall–Kier alpha value is -1.75. The SMILES string of the molecule is CCCCCC(Cl)=C=C(c1ccccc1)c1ccccc1. The second-order valence-corrected chi connectivity index (χ2v) is 5.55. The molecule has 0 aromatic heterocycles. The van der Waals surface area contributed by atoms with Crippen molar-refractivity contribution in [3.8, 4) is 0 Å². The van der Waals surface area contributed by atoms with E-state index in [1.807, 2.05) is 36.4 Å². The summed E-state index contributed by atoms with van der Waals surface area (Å²) < 4.78 is 0. The Morgan fingerprint density at radius 2 is 1.38 bits per heavy atom. The van der Waals surface area contributed by atoms with Crippen LogP contribution in [0.1, 0.15) is 43.7 Å². The highest BCUT2D eigenvalue weighted by Gasteiger charge is 2.04. The molecule has 1 heteroatoms. The van der Waals surface area contributed by atoms with Crippen LogP contribution in [-0.2, 0) is 0 Å². The highest BCUT2D eigenvalue weighted by atomic mass is 35.5. The summed E-state index contributed by atoms with van der Waals surface area (Å²) in [5.74, 6) is 0. The van der Waals surface area contributed by atoms with E-state index in [0.29, 0.717) is 0 Å². The Labute approximate surface area is 132 Å². The lowest BCUT2D eigenvalue weighted by Gasteiger charge is -2.06. The molecule has 0 radical (unpaired) electrons. The van der Waals surface area contributed by atoms with Crippen LogP contribution in [0.5, 0.6) is 0 Å². The first kappa shape index (κ1) is 15.6. The zero-order chi connectivity index (χ0) is 14.9. The third-order valence-electron chi connectivity index (χ3n) is 3.39. The van der Waals surface area contributed by atoms with Crippen LogP contribution in [0, 0.1) is 0 Å². The summed E-state index contributed by atoms with van der Waals surface area (Å²) in [5, 5.41) is 0.811. The molecule has 0 unspecified atom stereocenters. The fourth-order valence-electron chi connectivity index (χ4n) is 2.25. The topological polar surface area (TPSA) is 0 Å². The van der Waals surface area contributed by atoms with Crippen molar-refractivity contribution in [2.24, 2.45) is 0 Å². The highest BCUT2D eigenvalue weighted by molar-refractivity contribution is 6.29. The molecule has 0 atom stereocenters. The second-order valence-electron chi connectivity index (χ2n) is 5.09. The molecule has 0 saturated heterocycles. The van der Waals surface area contributed by atoms with Gasteiger partial charge in [-0.1, -0.05) is 97.8 Å². The molecule has 2 aromatic carbocycles. The fraction of sp³-hybridized carbons (Fsp3) is 0.250. The zero-order valence-electron chi connectivity index (χ0n) is 12.5. The Bertz CT molecular complexity index is 563. The third kappa shape index (κ3) is 4.93. The normalized spacial score (nSPS) is 10.0. The second kappa shape index (κ2) is 8.52. The van der Waals surface area contributed by atoms with E-state index in [4.69, 9.17) is 11.6 Å². The maximum Gasteiger partial charge on any atom is 0.0604 e. The van der Waals surface area contributed by atoms with Gasteiger partial charge in [-0.15, -0.1) is 0 Å². The van der Waals surface area contributed by atoms with Gasteiger partial charge in [0.2, 0.25) is 0 Å². The van der Waals surface area contributed by atoms with Crippen LogP contribution >= 0.6 is 11.6 Å². The summed E-state index contributed by atoms with van der Waals surface area (Å²) in [6.07, 6.45) is 4.44. The van der Waals surface area contributed by atoms with Crippen LogP contribution in [0.2, 0.25) is 0 Å². The number of benzene rings is 2. The van der Waals surface area contributed by atoms with E-state index < -0.39 is 0 Å². The van der Waals surface area contributed by atoms with Crippen LogP contribution in [0.25, 0.3) is 5.57 Å². The van der Waals surface area contributed by atoms with Crippen LogP contribution in [-0.4, -0.2) is 0 Å².